The van der Waals surface area contributed by atoms with E-state index in [-0.39, 0.29) is 16.2 Å². The third-order valence-electron chi connectivity index (χ3n) is 5.60. The van der Waals surface area contributed by atoms with Crippen LogP contribution in [-0.4, -0.2) is 44.2 Å². The number of hydrogen-bond donors (Lipinski definition) is 0. The Labute approximate surface area is 187 Å². The fraction of sp³-hybridized carbons (Fsp3) is 0.333. The van der Waals surface area contributed by atoms with E-state index in [2.05, 4.69) is 0 Å². The third kappa shape index (κ3) is 4.61. The van der Waals surface area contributed by atoms with Crippen LogP contribution in [0.5, 0.6) is 0 Å². The van der Waals surface area contributed by atoms with Crippen molar-refractivity contribution < 1.29 is 27.2 Å². The molecule has 0 radical (unpaired) electrons. The first-order valence-electron chi connectivity index (χ1n) is 10.5. The summed E-state index contributed by atoms with van der Waals surface area (Å²) < 4.78 is 38.0. The van der Waals surface area contributed by atoms with Crippen LogP contribution in [0, 0.1) is 11.8 Å². The number of nitrogens with zero attached hydrogens (tertiary/aromatic N) is 1. The number of ketones is 1. The van der Waals surface area contributed by atoms with Crippen LogP contribution >= 0.6 is 0 Å². The van der Waals surface area contributed by atoms with Crippen LogP contribution in [0.15, 0.2) is 63.9 Å². The van der Waals surface area contributed by atoms with Gasteiger partial charge in [-0.05, 0) is 54.7 Å². The molecular formula is C24H25NO6S. The zero-order valence-corrected chi connectivity index (χ0v) is 18.8. The Bertz CT molecular complexity index is 1200. The number of Topliss-reactive ketones (excluding diaryl/α,β-unsaturated/α-hetero) is 1. The monoisotopic (exact) mass is 455 g/mol. The highest BCUT2D eigenvalue weighted by molar-refractivity contribution is 7.89. The largest absolute Gasteiger partial charge is 0.454 e. The van der Waals surface area contributed by atoms with E-state index in [1.807, 2.05) is 26.0 Å². The van der Waals surface area contributed by atoms with Gasteiger partial charge < -0.3 is 9.15 Å². The van der Waals surface area contributed by atoms with Crippen molar-refractivity contribution in [1.82, 2.24) is 4.31 Å². The SMILES string of the molecule is C[C@@H]1C[C@@H](C)CN(S(=O)(=O)c2ccc(C(=O)OCC(=O)c3cc4ccccc4o3)cc2)C1. The summed E-state index contributed by atoms with van der Waals surface area (Å²) in [7, 11) is -3.63. The summed E-state index contributed by atoms with van der Waals surface area (Å²) in [5.41, 5.74) is 0.748. The van der Waals surface area contributed by atoms with Crippen LogP contribution in [0.1, 0.15) is 41.2 Å². The van der Waals surface area contributed by atoms with Crippen LogP contribution in [0.2, 0.25) is 0 Å². The van der Waals surface area contributed by atoms with E-state index in [1.54, 1.807) is 18.2 Å². The number of furan rings is 1. The number of piperidine rings is 1. The van der Waals surface area contributed by atoms with Crippen LogP contribution in [0.25, 0.3) is 11.0 Å². The van der Waals surface area contributed by atoms with Gasteiger partial charge in [-0.15, -0.1) is 0 Å². The van der Waals surface area contributed by atoms with Crippen LogP contribution in [0.3, 0.4) is 0 Å². The molecule has 2 atom stereocenters. The zero-order chi connectivity index (χ0) is 22.9. The molecule has 7 nitrogen and oxygen atoms in total. The van der Waals surface area contributed by atoms with Gasteiger partial charge in [-0.1, -0.05) is 32.0 Å². The molecule has 168 valence electrons. The predicted octanol–water partition coefficient (Wildman–Crippen LogP) is 4.14. The molecular weight excluding hydrogens is 430 g/mol. The minimum atomic E-state index is -3.63. The lowest BCUT2D eigenvalue weighted by molar-refractivity contribution is 0.0468. The van der Waals surface area contributed by atoms with Gasteiger partial charge in [0.2, 0.25) is 15.8 Å². The van der Waals surface area contributed by atoms with Crippen molar-refractivity contribution in [3.8, 4) is 0 Å². The number of carbonyl (C=O) groups is 2. The van der Waals surface area contributed by atoms with Crippen molar-refractivity contribution >= 4 is 32.7 Å². The first-order valence-corrected chi connectivity index (χ1v) is 12.0. The second-order valence-corrected chi connectivity index (χ2v) is 10.4. The molecule has 4 rings (SSSR count). The number of hydrogen-bond acceptors (Lipinski definition) is 6. The molecule has 2 heterocycles. The highest BCUT2D eigenvalue weighted by Gasteiger charge is 2.31. The molecule has 1 aromatic heterocycles. The van der Waals surface area contributed by atoms with Gasteiger partial charge in [0.05, 0.1) is 10.5 Å². The molecule has 2 aromatic carbocycles. The Morgan fingerprint density at radius 1 is 1.03 bits per heavy atom. The highest BCUT2D eigenvalue weighted by Crippen LogP contribution is 2.27. The van der Waals surface area contributed by atoms with Crippen molar-refractivity contribution in [2.45, 2.75) is 25.2 Å². The fourth-order valence-corrected chi connectivity index (χ4v) is 5.80. The lowest BCUT2D eigenvalue weighted by Crippen LogP contribution is -2.42. The van der Waals surface area contributed by atoms with E-state index in [1.165, 1.54) is 28.6 Å². The summed E-state index contributed by atoms with van der Waals surface area (Å²) in [4.78, 5) is 24.8. The standard InChI is InChI=1S/C24H25NO6S/c1-16-11-17(2)14-25(13-16)32(28,29)20-9-7-18(8-10-20)24(27)30-15-21(26)23-12-19-5-3-4-6-22(19)31-23/h3-10,12,16-17H,11,13-15H2,1-2H3/t16-,17-/m1/s1. The predicted molar refractivity (Wildman–Crippen MR) is 119 cm³/mol. The average Bonchev–Trinajstić information content (AvgIpc) is 3.21. The molecule has 1 saturated heterocycles. The average molecular weight is 456 g/mol. The number of benzene rings is 2. The summed E-state index contributed by atoms with van der Waals surface area (Å²) in [6.07, 6.45) is 1.00. The van der Waals surface area contributed by atoms with Gasteiger partial charge in [-0.25, -0.2) is 13.2 Å². The molecule has 32 heavy (non-hydrogen) atoms. The van der Waals surface area contributed by atoms with Crippen molar-refractivity contribution in [2.75, 3.05) is 19.7 Å². The van der Waals surface area contributed by atoms with Crippen LogP contribution in [-0.2, 0) is 14.8 Å². The summed E-state index contributed by atoms with van der Waals surface area (Å²) in [6, 6.07) is 14.4. The van der Waals surface area contributed by atoms with Crippen molar-refractivity contribution in [1.29, 1.82) is 0 Å². The molecule has 1 aliphatic rings. The van der Waals surface area contributed by atoms with E-state index in [0.717, 1.165) is 11.8 Å². The Morgan fingerprint density at radius 3 is 2.34 bits per heavy atom. The molecule has 8 heteroatoms. The number of carbonyl (C=O) groups excluding carboxylic acids is 2. The molecule has 0 bridgehead atoms. The van der Waals surface area contributed by atoms with Gasteiger partial charge >= 0.3 is 5.97 Å². The molecule has 0 spiro atoms. The zero-order valence-electron chi connectivity index (χ0n) is 18.0. The quantitative estimate of drug-likeness (QED) is 0.410. The Kier molecular flexibility index (Phi) is 6.17. The van der Waals surface area contributed by atoms with Crippen molar-refractivity contribution in [3.63, 3.8) is 0 Å². The van der Waals surface area contributed by atoms with E-state index in [4.69, 9.17) is 9.15 Å². The van der Waals surface area contributed by atoms with Crippen LogP contribution in [0.4, 0.5) is 0 Å². The number of fused-ring (bicyclic) bond motifs is 1. The number of sulfonamides is 1. The van der Waals surface area contributed by atoms with Gasteiger partial charge in [0, 0.05) is 18.5 Å². The Morgan fingerprint density at radius 2 is 1.69 bits per heavy atom. The van der Waals surface area contributed by atoms with Gasteiger partial charge in [0.25, 0.3) is 0 Å². The normalized spacial score (nSPS) is 19.7. The maximum absolute atomic E-state index is 13.0. The number of ether oxygens (including phenoxy) is 1. The topological polar surface area (TPSA) is 93.9 Å². The molecule has 0 aliphatic carbocycles. The second-order valence-electron chi connectivity index (χ2n) is 8.44. The maximum atomic E-state index is 13.0. The minimum absolute atomic E-state index is 0.116. The van der Waals surface area contributed by atoms with Crippen LogP contribution < -0.4 is 0 Å². The molecule has 0 unspecified atom stereocenters. The highest BCUT2D eigenvalue weighted by atomic mass is 32.2. The van der Waals surface area contributed by atoms with Crippen molar-refractivity contribution in [2.24, 2.45) is 11.8 Å². The Hall–Kier alpha value is -2.97. The first kappa shape index (κ1) is 22.2. The van der Waals surface area contributed by atoms with E-state index in [9.17, 15) is 18.0 Å². The molecule has 0 N–H and O–H groups in total. The van der Waals surface area contributed by atoms with E-state index in [0.29, 0.717) is 30.5 Å². The number of para-hydroxylation sites is 1. The smallest absolute Gasteiger partial charge is 0.338 e. The summed E-state index contributed by atoms with van der Waals surface area (Å²) >= 11 is 0. The summed E-state index contributed by atoms with van der Waals surface area (Å²) in [5.74, 6) is -0.453. The molecule has 1 aliphatic heterocycles. The Balaban J connectivity index is 1.40. The lowest BCUT2D eigenvalue weighted by atomic mass is 9.94. The van der Waals surface area contributed by atoms with E-state index >= 15 is 0 Å². The molecule has 0 saturated carbocycles. The van der Waals surface area contributed by atoms with E-state index < -0.39 is 28.4 Å². The summed E-state index contributed by atoms with van der Waals surface area (Å²) in [5, 5.41) is 0.788. The minimum Gasteiger partial charge on any atom is -0.454 e. The van der Waals surface area contributed by atoms with Gasteiger partial charge in [0.1, 0.15) is 5.58 Å². The number of esters is 1. The van der Waals surface area contributed by atoms with Crippen molar-refractivity contribution in [3.05, 3.63) is 65.9 Å². The first-order chi connectivity index (χ1) is 15.2. The molecule has 3 aromatic rings. The third-order valence-corrected chi connectivity index (χ3v) is 7.44. The van der Waals surface area contributed by atoms with Gasteiger partial charge in [-0.2, -0.15) is 4.31 Å². The molecule has 1 fully saturated rings. The number of rotatable bonds is 6. The maximum Gasteiger partial charge on any atom is 0.338 e. The lowest BCUT2D eigenvalue weighted by Gasteiger charge is -2.34. The van der Waals surface area contributed by atoms with Gasteiger partial charge in [-0.3, -0.25) is 4.79 Å². The van der Waals surface area contributed by atoms with Gasteiger partial charge in [0.15, 0.2) is 12.4 Å². The molecule has 0 amide bonds. The second kappa shape index (κ2) is 8.88. The summed E-state index contributed by atoms with van der Waals surface area (Å²) in [6.45, 7) is 4.59. The fourth-order valence-electron chi connectivity index (χ4n) is 4.12.